The first kappa shape index (κ1) is 16.5. The molecule has 1 N–H and O–H groups in total. The van der Waals surface area contributed by atoms with Gasteiger partial charge in [0.25, 0.3) is 0 Å². The molecule has 0 heterocycles. The van der Waals surface area contributed by atoms with Crippen LogP contribution in [-0.4, -0.2) is 24.0 Å². The number of benzene rings is 1. The molecule has 0 spiro atoms. The lowest BCUT2D eigenvalue weighted by atomic mass is 10.1. The molecule has 21 heavy (non-hydrogen) atoms. The molecular weight excluding hydrogens is 256 g/mol. The zero-order chi connectivity index (χ0) is 15.1. The van der Waals surface area contributed by atoms with Crippen molar-refractivity contribution in [2.45, 2.75) is 65.6 Å². The van der Waals surface area contributed by atoms with Crippen LogP contribution in [0.3, 0.4) is 0 Å². The van der Waals surface area contributed by atoms with E-state index < -0.39 is 0 Å². The van der Waals surface area contributed by atoms with Crippen molar-refractivity contribution in [1.29, 1.82) is 0 Å². The molecule has 1 aliphatic rings. The predicted octanol–water partition coefficient (Wildman–Crippen LogP) is 4.20. The van der Waals surface area contributed by atoms with Crippen molar-refractivity contribution in [1.82, 2.24) is 10.2 Å². The molecule has 0 amide bonds. The van der Waals surface area contributed by atoms with E-state index in [1.54, 1.807) is 0 Å². The van der Waals surface area contributed by atoms with Gasteiger partial charge in [0, 0.05) is 19.1 Å². The maximum atomic E-state index is 3.51. The maximum Gasteiger partial charge on any atom is 0.0236 e. The minimum Gasteiger partial charge on any atom is -0.312 e. The first-order valence-electron chi connectivity index (χ1n) is 8.71. The Morgan fingerprint density at radius 1 is 1.14 bits per heavy atom. The Morgan fingerprint density at radius 2 is 1.81 bits per heavy atom. The summed E-state index contributed by atoms with van der Waals surface area (Å²) in [5, 5.41) is 3.51. The molecular formula is C19H32N2. The van der Waals surface area contributed by atoms with Crippen molar-refractivity contribution in [3.05, 3.63) is 35.4 Å². The van der Waals surface area contributed by atoms with Crippen molar-refractivity contribution in [2.24, 2.45) is 5.92 Å². The van der Waals surface area contributed by atoms with Crippen LogP contribution in [0.1, 0.15) is 57.6 Å². The molecule has 1 aromatic carbocycles. The third kappa shape index (κ3) is 6.19. The van der Waals surface area contributed by atoms with Crippen LogP contribution in [0.5, 0.6) is 0 Å². The summed E-state index contributed by atoms with van der Waals surface area (Å²) < 4.78 is 0. The fourth-order valence-electron chi connectivity index (χ4n) is 2.69. The smallest absolute Gasteiger partial charge is 0.0236 e. The van der Waals surface area contributed by atoms with Crippen LogP contribution in [0.25, 0.3) is 0 Å². The number of nitrogens with one attached hydrogen (secondary N) is 1. The average Bonchev–Trinajstić information content (AvgIpc) is 3.29. The van der Waals surface area contributed by atoms with Crippen LogP contribution >= 0.6 is 0 Å². The Kier molecular flexibility index (Phi) is 6.72. The third-order valence-corrected chi connectivity index (χ3v) is 4.15. The molecule has 2 nitrogen and oxygen atoms in total. The number of rotatable bonds is 10. The SMILES string of the molecule is CCCCN(Cc1ccc(CNCC(C)C)cc1)C1CC1. The Balaban J connectivity index is 1.80. The van der Waals surface area contributed by atoms with Crippen molar-refractivity contribution in [2.75, 3.05) is 13.1 Å². The monoisotopic (exact) mass is 288 g/mol. The Hall–Kier alpha value is -0.860. The second-order valence-corrected chi connectivity index (χ2v) is 6.90. The van der Waals surface area contributed by atoms with Gasteiger partial charge in [-0.25, -0.2) is 0 Å². The topological polar surface area (TPSA) is 15.3 Å². The lowest BCUT2D eigenvalue weighted by molar-refractivity contribution is 0.250. The van der Waals surface area contributed by atoms with Gasteiger partial charge >= 0.3 is 0 Å². The second kappa shape index (κ2) is 8.55. The molecule has 0 aliphatic heterocycles. The van der Waals surface area contributed by atoms with Gasteiger partial charge in [0.15, 0.2) is 0 Å². The minimum atomic E-state index is 0.718. The molecule has 2 rings (SSSR count). The summed E-state index contributed by atoms with van der Waals surface area (Å²) in [6.45, 7) is 11.2. The maximum absolute atomic E-state index is 3.51. The van der Waals surface area contributed by atoms with Crippen molar-refractivity contribution >= 4 is 0 Å². The van der Waals surface area contributed by atoms with Gasteiger partial charge in [-0.3, -0.25) is 4.90 Å². The van der Waals surface area contributed by atoms with Gasteiger partial charge < -0.3 is 5.32 Å². The number of unbranched alkanes of at least 4 members (excludes halogenated alkanes) is 1. The highest BCUT2D eigenvalue weighted by Gasteiger charge is 2.28. The summed E-state index contributed by atoms with van der Waals surface area (Å²) in [5.74, 6) is 0.718. The van der Waals surface area contributed by atoms with Gasteiger partial charge in [0.1, 0.15) is 0 Å². The van der Waals surface area contributed by atoms with E-state index in [-0.39, 0.29) is 0 Å². The third-order valence-electron chi connectivity index (χ3n) is 4.15. The molecule has 0 saturated heterocycles. The highest BCUT2D eigenvalue weighted by atomic mass is 15.2. The van der Waals surface area contributed by atoms with Crippen molar-refractivity contribution in [3.63, 3.8) is 0 Å². The summed E-state index contributed by atoms with van der Waals surface area (Å²) in [7, 11) is 0. The molecule has 0 aromatic heterocycles. The molecule has 0 radical (unpaired) electrons. The molecule has 1 aliphatic carbocycles. The molecule has 0 atom stereocenters. The summed E-state index contributed by atoms with van der Waals surface area (Å²) >= 11 is 0. The molecule has 1 aromatic rings. The van der Waals surface area contributed by atoms with Gasteiger partial charge in [-0.15, -0.1) is 0 Å². The minimum absolute atomic E-state index is 0.718. The van der Waals surface area contributed by atoms with Gasteiger partial charge in [0.05, 0.1) is 0 Å². The van der Waals surface area contributed by atoms with Crippen LogP contribution in [-0.2, 0) is 13.1 Å². The molecule has 0 bridgehead atoms. The second-order valence-electron chi connectivity index (χ2n) is 6.90. The van der Waals surface area contributed by atoms with Crippen molar-refractivity contribution < 1.29 is 0 Å². The van der Waals surface area contributed by atoms with Crippen LogP contribution in [0.2, 0.25) is 0 Å². The summed E-state index contributed by atoms with van der Waals surface area (Å²) in [6.07, 6.45) is 5.43. The molecule has 0 unspecified atom stereocenters. The highest BCUT2D eigenvalue weighted by Crippen LogP contribution is 2.28. The van der Waals surface area contributed by atoms with Crippen LogP contribution in [0.15, 0.2) is 24.3 Å². The van der Waals surface area contributed by atoms with Gasteiger partial charge in [-0.1, -0.05) is 51.5 Å². The standard InChI is InChI=1S/C19H32N2/c1-4-5-12-21(19-10-11-19)15-18-8-6-17(7-9-18)14-20-13-16(2)3/h6-9,16,19-20H,4-5,10-15H2,1-3H3. The van der Waals surface area contributed by atoms with Crippen molar-refractivity contribution in [3.8, 4) is 0 Å². The lowest BCUT2D eigenvalue weighted by Crippen LogP contribution is -2.26. The Labute approximate surface area is 130 Å². The zero-order valence-corrected chi connectivity index (χ0v) is 14.1. The molecule has 1 saturated carbocycles. The first-order chi connectivity index (χ1) is 10.2. The predicted molar refractivity (Wildman–Crippen MR) is 91.3 cm³/mol. The summed E-state index contributed by atoms with van der Waals surface area (Å²) in [6, 6.07) is 10.1. The van der Waals surface area contributed by atoms with Gasteiger partial charge in [-0.2, -0.15) is 0 Å². The lowest BCUT2D eigenvalue weighted by Gasteiger charge is -2.22. The van der Waals surface area contributed by atoms with Crippen LogP contribution in [0.4, 0.5) is 0 Å². The normalized spacial score (nSPS) is 15.1. The summed E-state index contributed by atoms with van der Waals surface area (Å²) in [5.41, 5.74) is 2.86. The Morgan fingerprint density at radius 3 is 2.38 bits per heavy atom. The molecule has 1 fully saturated rings. The number of nitrogens with zero attached hydrogens (tertiary/aromatic N) is 1. The number of hydrogen-bond acceptors (Lipinski definition) is 2. The van der Waals surface area contributed by atoms with Crippen LogP contribution < -0.4 is 5.32 Å². The van der Waals surface area contributed by atoms with E-state index in [1.807, 2.05) is 0 Å². The molecule has 118 valence electrons. The molecule has 2 heteroatoms. The largest absolute Gasteiger partial charge is 0.312 e. The van der Waals surface area contributed by atoms with E-state index in [1.165, 1.54) is 43.4 Å². The van der Waals surface area contributed by atoms with E-state index in [4.69, 9.17) is 0 Å². The highest BCUT2D eigenvalue weighted by molar-refractivity contribution is 5.22. The summed E-state index contributed by atoms with van der Waals surface area (Å²) in [4.78, 5) is 2.68. The van der Waals surface area contributed by atoms with Gasteiger partial charge in [-0.05, 0) is 49.4 Å². The average molecular weight is 288 g/mol. The zero-order valence-electron chi connectivity index (χ0n) is 14.1. The quantitative estimate of drug-likeness (QED) is 0.694. The van der Waals surface area contributed by atoms with Gasteiger partial charge in [0.2, 0.25) is 0 Å². The fourth-order valence-corrected chi connectivity index (χ4v) is 2.69. The van der Waals surface area contributed by atoms with E-state index in [0.717, 1.165) is 31.6 Å². The van der Waals surface area contributed by atoms with E-state index >= 15 is 0 Å². The fraction of sp³-hybridized carbons (Fsp3) is 0.684. The van der Waals surface area contributed by atoms with E-state index in [0.29, 0.717) is 0 Å². The Bertz CT molecular complexity index is 393. The van der Waals surface area contributed by atoms with Crippen LogP contribution in [0, 0.1) is 5.92 Å². The number of hydrogen-bond donors (Lipinski definition) is 1. The van der Waals surface area contributed by atoms with E-state index in [9.17, 15) is 0 Å². The first-order valence-corrected chi connectivity index (χ1v) is 8.71. The van der Waals surface area contributed by atoms with E-state index in [2.05, 4.69) is 55.3 Å².